The first-order valence-corrected chi connectivity index (χ1v) is 37.5. The van der Waals surface area contributed by atoms with Crippen molar-refractivity contribution in [1.29, 1.82) is 0 Å². The van der Waals surface area contributed by atoms with Crippen LogP contribution in [0.4, 0.5) is 16.2 Å². The number of hydrogen-bond acceptors (Lipinski definition) is 16. The lowest BCUT2D eigenvalue weighted by atomic mass is 9.88. The van der Waals surface area contributed by atoms with Crippen LogP contribution in [0.5, 0.6) is 23.0 Å². The summed E-state index contributed by atoms with van der Waals surface area (Å²) in [6, 6.07) is 28.4. The standard InChI is InChI=1S/C82H98N8O14/c1-50(2)62(40-59(92)20-11-8-10-19-58(91)30-31-73(94)86-46-56-18-12-13-21-60(56)75-74(84-85-90(75)51(3)4)61-22-14-15-23-65(61)86)76(95)83-52(5)68(93)38-53-24-26-54(27-25-53)47-104-80(99)89-66-43-72(70(101-7)42-64(66)78(97)88-49-82(34-35-82)45-67(88)79(89)98)103-37-17-9-16-36-102-71-39-55-28-29-57-44-81(32-33-81)48-87(57)77(96)63(55)41-69(71)100-6/h12-15,18,21-27,39,41-43,50-52,57,62,67,79,98H,8-11,16-17,19-20,28-38,40,44-49H2,1-7H3,(H,83,95)/t52-,57+,62-,67-,79?/m0/s1. The van der Waals surface area contributed by atoms with Gasteiger partial charge in [0.1, 0.15) is 23.9 Å². The summed E-state index contributed by atoms with van der Waals surface area (Å²) in [5, 5.41) is 24.2. The number of benzene rings is 5. The van der Waals surface area contributed by atoms with Gasteiger partial charge in [0.05, 0.1) is 68.7 Å². The number of ether oxygens (including phenoxy) is 5. The molecule has 22 nitrogen and oxygen atoms in total. The minimum Gasteiger partial charge on any atom is -0.493 e. The molecule has 1 aromatic heterocycles. The van der Waals surface area contributed by atoms with Crippen molar-refractivity contribution in [2.24, 2.45) is 22.7 Å². The molecule has 5 aromatic carbocycles. The fourth-order valence-corrected chi connectivity index (χ4v) is 16.1. The van der Waals surface area contributed by atoms with Crippen LogP contribution >= 0.6 is 0 Å². The maximum atomic E-state index is 14.5. The van der Waals surface area contributed by atoms with Crippen molar-refractivity contribution in [3.8, 4) is 45.5 Å². The summed E-state index contributed by atoms with van der Waals surface area (Å²) >= 11 is 0. The van der Waals surface area contributed by atoms with E-state index in [2.05, 4.69) is 34.4 Å². The first-order chi connectivity index (χ1) is 50.1. The highest BCUT2D eigenvalue weighted by atomic mass is 16.6. The van der Waals surface area contributed by atoms with E-state index in [1.807, 2.05) is 79.2 Å². The Labute approximate surface area is 608 Å². The number of ketones is 3. The number of nitrogens with zero attached hydrogens (tertiary/aromatic N) is 7. The number of fused-ring (bicyclic) bond motifs is 9. The summed E-state index contributed by atoms with van der Waals surface area (Å²) in [6.45, 7) is 11.6. The number of aromatic nitrogens is 3. The number of amides is 5. The Morgan fingerprint density at radius 3 is 1.95 bits per heavy atom. The van der Waals surface area contributed by atoms with Gasteiger partial charge in [-0.1, -0.05) is 92.2 Å². The van der Waals surface area contributed by atoms with Crippen molar-refractivity contribution in [3.63, 3.8) is 0 Å². The number of methoxy groups -OCH3 is 2. The predicted molar refractivity (Wildman–Crippen MR) is 391 cm³/mol. The highest BCUT2D eigenvalue weighted by Gasteiger charge is 2.58. The van der Waals surface area contributed by atoms with Crippen molar-refractivity contribution in [1.82, 2.24) is 30.1 Å². The lowest BCUT2D eigenvalue weighted by Crippen LogP contribution is -2.50. The minimum atomic E-state index is -1.43. The Kier molecular flexibility index (Phi) is 21.8. The number of carbonyl (C=O) groups is 8. The van der Waals surface area contributed by atoms with Crippen LogP contribution in [0.3, 0.4) is 0 Å². The summed E-state index contributed by atoms with van der Waals surface area (Å²) < 4.78 is 32.0. The fourth-order valence-electron chi connectivity index (χ4n) is 16.1. The average molecular weight is 1420 g/mol. The molecule has 6 aromatic rings. The number of hydrogen-bond donors (Lipinski definition) is 2. The zero-order chi connectivity index (χ0) is 73.1. The quantitative estimate of drug-likeness (QED) is 0.0397. The lowest BCUT2D eigenvalue weighted by Gasteiger charge is -2.31. The second kappa shape index (κ2) is 31.1. The molecule has 22 heteroatoms. The molecule has 0 bridgehead atoms. The van der Waals surface area contributed by atoms with Crippen molar-refractivity contribution < 1.29 is 67.1 Å². The molecule has 1 unspecified atom stereocenters. The Morgan fingerprint density at radius 2 is 1.26 bits per heavy atom. The molecule has 5 aliphatic heterocycles. The molecule has 13 rings (SSSR count). The summed E-state index contributed by atoms with van der Waals surface area (Å²) in [4.78, 5) is 117. The number of nitrogens with one attached hydrogen (secondary N) is 1. The van der Waals surface area contributed by atoms with Crippen molar-refractivity contribution >= 4 is 58.4 Å². The number of anilines is 2. The van der Waals surface area contributed by atoms with Gasteiger partial charge in [0.2, 0.25) is 11.8 Å². The Balaban J connectivity index is 0.550. The van der Waals surface area contributed by atoms with Gasteiger partial charge in [-0.05, 0) is 168 Å². The molecule has 104 heavy (non-hydrogen) atoms. The van der Waals surface area contributed by atoms with Crippen molar-refractivity contribution in [2.45, 2.75) is 207 Å². The van der Waals surface area contributed by atoms with Crippen LogP contribution in [-0.4, -0.2) is 142 Å². The van der Waals surface area contributed by atoms with Gasteiger partial charge in [0, 0.05) is 92.4 Å². The zero-order valence-electron chi connectivity index (χ0n) is 61.0. The van der Waals surface area contributed by atoms with Crippen LogP contribution in [-0.2, 0) is 54.7 Å². The van der Waals surface area contributed by atoms with Crippen LogP contribution in [0.25, 0.3) is 22.5 Å². The highest BCUT2D eigenvalue weighted by molar-refractivity contribution is 6.06. The van der Waals surface area contributed by atoms with Gasteiger partial charge >= 0.3 is 6.09 Å². The maximum absolute atomic E-state index is 14.5. The highest BCUT2D eigenvalue weighted by Crippen LogP contribution is 2.58. The van der Waals surface area contributed by atoms with Crippen LogP contribution in [0.1, 0.15) is 199 Å². The SMILES string of the molecule is COc1cc2c(cc1OCCCCCOc1cc3c(cc1OC)C(=O)N1CC4(CC4)C[C@H]1C(O)N3C(=O)OCc1ccc(CC(=O)[C@H](C)NC(=O)[C@@H](CC(=O)CCCCCC(=O)CCC(=O)N3Cc4ccccc4-c4c(nnn4C(C)C)-c4ccccc43)C(C)C)cc1)CC[C@@H]1CC3(CC3)CN1C2=O. The molecule has 5 amide bonds. The van der Waals surface area contributed by atoms with E-state index >= 15 is 0 Å². The van der Waals surface area contributed by atoms with Gasteiger partial charge < -0.3 is 48.8 Å². The fraction of sp³-hybridized carbons (Fsp3) is 0.512. The first-order valence-electron chi connectivity index (χ1n) is 37.5. The van der Waals surface area contributed by atoms with E-state index in [4.69, 9.17) is 23.7 Å². The number of rotatable bonds is 30. The third kappa shape index (κ3) is 15.7. The Hall–Kier alpha value is -9.44. The van der Waals surface area contributed by atoms with E-state index in [0.29, 0.717) is 109 Å². The van der Waals surface area contributed by atoms with E-state index in [9.17, 15) is 43.5 Å². The Bertz CT molecular complexity index is 4250. The van der Waals surface area contributed by atoms with Crippen molar-refractivity contribution in [3.05, 3.63) is 130 Å². The molecule has 5 atom stereocenters. The smallest absolute Gasteiger partial charge is 0.416 e. The minimum absolute atomic E-state index is 0.000925. The van der Waals surface area contributed by atoms with Crippen LogP contribution in [0.2, 0.25) is 0 Å². The van der Waals surface area contributed by atoms with Crippen LogP contribution in [0, 0.1) is 22.7 Å². The second-order valence-electron chi connectivity index (χ2n) is 30.7. The second-order valence-corrected chi connectivity index (χ2v) is 30.7. The summed E-state index contributed by atoms with van der Waals surface area (Å²) in [6.07, 6.45) is 9.90. The van der Waals surface area contributed by atoms with Gasteiger partial charge in [-0.15, -0.1) is 5.10 Å². The number of unbranched alkanes of at least 4 members (excludes halogenated alkanes) is 4. The normalized spacial score (nSPS) is 19.1. The van der Waals surface area contributed by atoms with Crippen molar-refractivity contribution in [2.75, 3.05) is 50.3 Å². The number of para-hydroxylation sites is 1. The van der Waals surface area contributed by atoms with E-state index in [0.717, 1.165) is 77.9 Å². The molecule has 2 spiro atoms. The van der Waals surface area contributed by atoms with Gasteiger partial charge in [0.25, 0.3) is 11.8 Å². The van der Waals surface area contributed by atoms with E-state index < -0.39 is 30.3 Å². The number of carbonyl (C=O) groups excluding carboxylic acids is 8. The number of aliphatic hydroxyl groups is 1. The molecular weight excluding hydrogens is 1320 g/mol. The topological polar surface area (TPSA) is 259 Å². The largest absolute Gasteiger partial charge is 0.493 e. The molecule has 7 aliphatic rings. The summed E-state index contributed by atoms with van der Waals surface area (Å²) in [5.74, 6) is -0.205. The molecule has 2 N–H and O–H groups in total. The van der Waals surface area contributed by atoms with Crippen LogP contribution < -0.4 is 34.1 Å². The van der Waals surface area contributed by atoms with Crippen LogP contribution in [0.15, 0.2) is 97.1 Å². The first kappa shape index (κ1) is 72.9. The summed E-state index contributed by atoms with van der Waals surface area (Å²) in [5.41, 5.74) is 8.55. The molecular formula is C82H98N8O14. The average Bonchev–Trinajstić information content (AvgIpc) is 1.57. The van der Waals surface area contributed by atoms with Gasteiger partial charge in [-0.2, -0.15) is 0 Å². The predicted octanol–water partition coefficient (Wildman–Crippen LogP) is 12.9. The summed E-state index contributed by atoms with van der Waals surface area (Å²) in [7, 11) is 3.08. The molecule has 2 saturated carbocycles. The maximum Gasteiger partial charge on any atom is 0.416 e. The number of aryl methyl sites for hydroxylation is 1. The van der Waals surface area contributed by atoms with E-state index in [-0.39, 0.29) is 133 Å². The molecule has 2 aliphatic carbocycles. The van der Waals surface area contributed by atoms with Gasteiger partial charge in [-0.25, -0.2) is 14.4 Å². The van der Waals surface area contributed by atoms with E-state index in [1.54, 1.807) is 60.2 Å². The van der Waals surface area contributed by atoms with E-state index in [1.165, 1.54) is 20.0 Å². The van der Waals surface area contributed by atoms with Gasteiger partial charge in [0.15, 0.2) is 35.0 Å². The lowest BCUT2D eigenvalue weighted by molar-refractivity contribution is -0.133. The molecule has 6 heterocycles. The molecule has 0 radical (unpaired) electrons. The molecule has 4 fully saturated rings. The third-order valence-corrected chi connectivity index (χ3v) is 22.6. The monoisotopic (exact) mass is 1420 g/mol. The zero-order valence-corrected chi connectivity index (χ0v) is 61.0. The molecule has 2 saturated heterocycles. The third-order valence-electron chi connectivity index (χ3n) is 22.6. The molecule has 550 valence electrons. The number of aliphatic hydroxyl groups excluding tert-OH is 1. The van der Waals surface area contributed by atoms with Gasteiger partial charge in [-0.3, -0.25) is 33.6 Å². The Morgan fingerprint density at radius 1 is 0.635 bits per heavy atom. The number of Topliss-reactive ketones (excluding diaryl/α,β-unsaturated/α-hetero) is 3.